The number of rotatable bonds is 3. The Hall–Kier alpha value is -1.34. The van der Waals surface area contributed by atoms with Crippen molar-refractivity contribution in [3.8, 4) is 0 Å². The van der Waals surface area contributed by atoms with E-state index in [-0.39, 0.29) is 17.0 Å². The maximum Gasteiger partial charge on any atom is 0.344 e. The summed E-state index contributed by atoms with van der Waals surface area (Å²) in [5.74, 6) is 0. The van der Waals surface area contributed by atoms with E-state index in [1.165, 1.54) is 11.8 Å². The Balaban J connectivity index is 1.94. The van der Waals surface area contributed by atoms with Gasteiger partial charge in [-0.15, -0.1) is 5.10 Å². The zero-order chi connectivity index (χ0) is 12.7. The predicted octanol–water partition coefficient (Wildman–Crippen LogP) is 1.81. The summed E-state index contributed by atoms with van der Waals surface area (Å²) < 4.78 is 1.68. The minimum absolute atomic E-state index is 0.170. The van der Waals surface area contributed by atoms with Crippen molar-refractivity contribution in [1.82, 2.24) is 24.7 Å². The van der Waals surface area contributed by atoms with E-state index in [0.29, 0.717) is 10.2 Å². The van der Waals surface area contributed by atoms with Crippen molar-refractivity contribution in [3.05, 3.63) is 27.5 Å². The van der Waals surface area contributed by atoms with Gasteiger partial charge in [0.15, 0.2) is 5.16 Å². The SMILES string of the molecule is Cc1cc(Sc2n[nH]c(=O)n2C2CC2)nc(Cl)n1. The van der Waals surface area contributed by atoms with E-state index in [2.05, 4.69) is 20.2 Å². The third kappa shape index (κ3) is 2.28. The molecule has 2 aromatic rings. The molecule has 0 bridgehead atoms. The molecule has 0 atom stereocenters. The number of nitrogens with zero attached hydrogens (tertiary/aromatic N) is 4. The van der Waals surface area contributed by atoms with Gasteiger partial charge in [0.25, 0.3) is 0 Å². The Morgan fingerprint density at radius 1 is 1.50 bits per heavy atom. The van der Waals surface area contributed by atoms with Crippen LogP contribution >= 0.6 is 23.4 Å². The van der Waals surface area contributed by atoms with Crippen molar-refractivity contribution < 1.29 is 0 Å². The lowest BCUT2D eigenvalue weighted by Gasteiger charge is -2.03. The normalized spacial score (nSPS) is 15.0. The average Bonchev–Trinajstić information content (AvgIpc) is 3.04. The van der Waals surface area contributed by atoms with Crippen molar-refractivity contribution in [2.75, 3.05) is 0 Å². The number of nitrogens with one attached hydrogen (secondary N) is 1. The van der Waals surface area contributed by atoms with Crippen LogP contribution in [0.2, 0.25) is 5.28 Å². The van der Waals surface area contributed by atoms with E-state index < -0.39 is 0 Å². The standard InChI is InChI=1S/C10H10ClN5OS/c1-5-4-7(13-8(11)12-5)18-10-15-14-9(17)16(10)6-2-3-6/h4,6H,2-3H2,1H3,(H,14,17). The molecule has 6 nitrogen and oxygen atoms in total. The first kappa shape index (κ1) is 11.7. The minimum atomic E-state index is -0.170. The number of hydrogen-bond donors (Lipinski definition) is 1. The highest BCUT2D eigenvalue weighted by molar-refractivity contribution is 7.99. The molecule has 94 valence electrons. The number of aromatic amines is 1. The minimum Gasteiger partial charge on any atom is -0.267 e. The van der Waals surface area contributed by atoms with Crippen LogP contribution in [-0.2, 0) is 0 Å². The summed E-state index contributed by atoms with van der Waals surface area (Å²) in [5, 5.41) is 8.00. The molecule has 0 aromatic carbocycles. The third-order valence-corrected chi connectivity index (χ3v) is 3.64. The van der Waals surface area contributed by atoms with Crippen LogP contribution in [0.5, 0.6) is 0 Å². The van der Waals surface area contributed by atoms with Gasteiger partial charge in [-0.3, -0.25) is 4.57 Å². The monoisotopic (exact) mass is 283 g/mol. The average molecular weight is 284 g/mol. The Kier molecular flexibility index (Phi) is 2.87. The summed E-state index contributed by atoms with van der Waals surface area (Å²) in [4.78, 5) is 19.7. The summed E-state index contributed by atoms with van der Waals surface area (Å²) in [5.41, 5.74) is 0.616. The van der Waals surface area contributed by atoms with Crippen molar-refractivity contribution >= 4 is 23.4 Å². The van der Waals surface area contributed by atoms with Crippen LogP contribution < -0.4 is 5.69 Å². The molecule has 3 rings (SSSR count). The summed E-state index contributed by atoms with van der Waals surface area (Å²) in [6, 6.07) is 2.09. The Morgan fingerprint density at radius 2 is 2.28 bits per heavy atom. The molecule has 0 aliphatic heterocycles. The van der Waals surface area contributed by atoms with Gasteiger partial charge in [-0.05, 0) is 49.2 Å². The molecule has 1 aliphatic carbocycles. The van der Waals surface area contributed by atoms with Gasteiger partial charge >= 0.3 is 5.69 Å². The lowest BCUT2D eigenvalue weighted by molar-refractivity contribution is 0.642. The van der Waals surface area contributed by atoms with Gasteiger partial charge in [0.2, 0.25) is 5.28 Å². The van der Waals surface area contributed by atoms with Crippen LogP contribution in [0.1, 0.15) is 24.6 Å². The molecule has 8 heteroatoms. The lowest BCUT2D eigenvalue weighted by Crippen LogP contribution is -2.16. The first-order valence-corrected chi connectivity index (χ1v) is 6.69. The summed E-state index contributed by atoms with van der Waals surface area (Å²) in [6.07, 6.45) is 2.05. The topological polar surface area (TPSA) is 76.5 Å². The van der Waals surface area contributed by atoms with E-state index in [1.807, 2.05) is 13.0 Å². The smallest absolute Gasteiger partial charge is 0.267 e. The molecular weight excluding hydrogens is 274 g/mol. The van der Waals surface area contributed by atoms with Crippen LogP contribution in [-0.4, -0.2) is 24.7 Å². The van der Waals surface area contributed by atoms with Crippen molar-refractivity contribution in [3.63, 3.8) is 0 Å². The summed E-state index contributed by atoms with van der Waals surface area (Å²) in [7, 11) is 0. The van der Waals surface area contributed by atoms with Gasteiger partial charge in [-0.25, -0.2) is 19.9 Å². The van der Waals surface area contributed by atoms with Crippen LogP contribution in [0.15, 0.2) is 21.0 Å². The number of aromatic nitrogens is 5. The van der Waals surface area contributed by atoms with Gasteiger partial charge in [0.1, 0.15) is 5.03 Å². The van der Waals surface area contributed by atoms with Gasteiger partial charge in [0.05, 0.1) is 0 Å². The van der Waals surface area contributed by atoms with E-state index in [9.17, 15) is 4.79 Å². The first-order chi connectivity index (χ1) is 8.63. The number of H-pyrrole nitrogens is 1. The molecule has 1 N–H and O–H groups in total. The van der Waals surface area contributed by atoms with Gasteiger partial charge < -0.3 is 0 Å². The van der Waals surface area contributed by atoms with Crippen LogP contribution in [0.3, 0.4) is 0 Å². The molecular formula is C10H10ClN5OS. The second-order valence-corrected chi connectivity index (χ2v) is 5.46. The van der Waals surface area contributed by atoms with Crippen LogP contribution in [0.4, 0.5) is 0 Å². The van der Waals surface area contributed by atoms with Crippen molar-refractivity contribution in [1.29, 1.82) is 0 Å². The molecule has 2 heterocycles. The van der Waals surface area contributed by atoms with Crippen LogP contribution in [0.25, 0.3) is 0 Å². The van der Waals surface area contributed by atoms with Crippen LogP contribution in [0, 0.1) is 6.92 Å². The molecule has 0 saturated heterocycles. The Labute approximate surface area is 112 Å². The van der Waals surface area contributed by atoms with E-state index in [0.717, 1.165) is 18.5 Å². The second-order valence-electron chi connectivity index (χ2n) is 4.13. The first-order valence-electron chi connectivity index (χ1n) is 5.49. The summed E-state index contributed by atoms with van der Waals surface area (Å²) in [6.45, 7) is 1.84. The fourth-order valence-corrected chi connectivity index (χ4v) is 2.91. The molecule has 2 aromatic heterocycles. The van der Waals surface area contributed by atoms with Crippen molar-refractivity contribution in [2.24, 2.45) is 0 Å². The predicted molar refractivity (Wildman–Crippen MR) is 67.0 cm³/mol. The maximum atomic E-state index is 11.6. The molecule has 0 amide bonds. The molecule has 0 spiro atoms. The Morgan fingerprint density at radius 3 is 2.94 bits per heavy atom. The zero-order valence-corrected chi connectivity index (χ0v) is 11.1. The maximum absolute atomic E-state index is 11.6. The highest BCUT2D eigenvalue weighted by Crippen LogP contribution is 2.37. The molecule has 18 heavy (non-hydrogen) atoms. The van der Waals surface area contributed by atoms with Gasteiger partial charge in [-0.1, -0.05) is 0 Å². The quantitative estimate of drug-likeness (QED) is 0.687. The fraction of sp³-hybridized carbons (Fsp3) is 0.400. The molecule has 1 fully saturated rings. The second kappa shape index (κ2) is 4.40. The third-order valence-electron chi connectivity index (χ3n) is 2.58. The molecule has 1 aliphatic rings. The van der Waals surface area contributed by atoms with Gasteiger partial charge in [-0.2, -0.15) is 0 Å². The molecule has 1 saturated carbocycles. The highest BCUT2D eigenvalue weighted by atomic mass is 35.5. The van der Waals surface area contributed by atoms with Crippen molar-refractivity contribution in [2.45, 2.75) is 36.0 Å². The zero-order valence-electron chi connectivity index (χ0n) is 9.55. The molecule has 0 radical (unpaired) electrons. The number of aryl methyl sites for hydroxylation is 1. The number of hydrogen-bond acceptors (Lipinski definition) is 5. The largest absolute Gasteiger partial charge is 0.344 e. The van der Waals surface area contributed by atoms with E-state index in [1.54, 1.807) is 4.57 Å². The van der Waals surface area contributed by atoms with E-state index >= 15 is 0 Å². The molecule has 0 unspecified atom stereocenters. The fourth-order valence-electron chi connectivity index (χ4n) is 1.67. The van der Waals surface area contributed by atoms with E-state index in [4.69, 9.17) is 11.6 Å². The highest BCUT2D eigenvalue weighted by Gasteiger charge is 2.28. The Bertz CT molecular complexity index is 628. The summed E-state index contributed by atoms with van der Waals surface area (Å²) >= 11 is 7.12. The van der Waals surface area contributed by atoms with Gasteiger partial charge in [0, 0.05) is 11.7 Å². The number of halogens is 1. The lowest BCUT2D eigenvalue weighted by atomic mass is 10.5.